The molecule has 2 aromatic carbocycles. The summed E-state index contributed by atoms with van der Waals surface area (Å²) in [6.07, 6.45) is 0.649. The summed E-state index contributed by atoms with van der Waals surface area (Å²) in [7, 11) is -3.57. The quantitative estimate of drug-likeness (QED) is 0.903. The van der Waals surface area contributed by atoms with Gasteiger partial charge in [0, 0.05) is 12.6 Å². The van der Waals surface area contributed by atoms with Crippen molar-refractivity contribution in [3.63, 3.8) is 0 Å². The molecule has 2 aromatic rings. The Morgan fingerprint density at radius 2 is 1.75 bits per heavy atom. The van der Waals surface area contributed by atoms with Gasteiger partial charge in [0.05, 0.1) is 4.90 Å². The van der Waals surface area contributed by atoms with Gasteiger partial charge >= 0.3 is 0 Å². The third kappa shape index (κ3) is 3.71. The van der Waals surface area contributed by atoms with E-state index in [4.69, 9.17) is 9.47 Å². The fourth-order valence-electron chi connectivity index (χ4n) is 2.72. The second-order valence-electron chi connectivity index (χ2n) is 5.88. The Morgan fingerprint density at radius 3 is 2.50 bits per heavy atom. The van der Waals surface area contributed by atoms with Crippen LogP contribution in [-0.2, 0) is 16.4 Å². The van der Waals surface area contributed by atoms with E-state index in [2.05, 4.69) is 10.8 Å². The molecule has 0 aromatic heterocycles. The van der Waals surface area contributed by atoms with E-state index in [1.54, 1.807) is 6.07 Å². The highest BCUT2D eigenvalue weighted by Crippen LogP contribution is 2.32. The molecule has 1 N–H and O–H groups in total. The van der Waals surface area contributed by atoms with Gasteiger partial charge in [-0.25, -0.2) is 13.1 Å². The molecule has 0 fully saturated rings. The number of aryl methyl sites for hydroxylation is 2. The summed E-state index contributed by atoms with van der Waals surface area (Å²) in [4.78, 5) is 0.187. The summed E-state index contributed by atoms with van der Waals surface area (Å²) in [6.45, 7) is 5.34. The van der Waals surface area contributed by atoms with Gasteiger partial charge in [-0.05, 0) is 43.5 Å². The van der Waals surface area contributed by atoms with E-state index < -0.39 is 10.0 Å². The molecule has 128 valence electrons. The lowest BCUT2D eigenvalue weighted by Crippen LogP contribution is -2.26. The lowest BCUT2D eigenvalue weighted by atomic mass is 10.0. The Kier molecular flexibility index (Phi) is 4.78. The largest absolute Gasteiger partial charge is 0.486 e. The van der Waals surface area contributed by atoms with Crippen molar-refractivity contribution in [3.8, 4) is 11.5 Å². The van der Waals surface area contributed by atoms with E-state index >= 15 is 0 Å². The van der Waals surface area contributed by atoms with Gasteiger partial charge in [-0.3, -0.25) is 0 Å². The van der Waals surface area contributed by atoms with E-state index in [0.717, 1.165) is 5.56 Å². The van der Waals surface area contributed by atoms with Crippen LogP contribution in [0.2, 0.25) is 0 Å². The van der Waals surface area contributed by atoms with Gasteiger partial charge in [0.2, 0.25) is 10.0 Å². The van der Waals surface area contributed by atoms with Gasteiger partial charge in [-0.2, -0.15) is 0 Å². The smallest absolute Gasteiger partial charge is 0.240 e. The number of nitrogens with one attached hydrogen (secondary N) is 1. The Hall–Kier alpha value is -2.05. The number of ether oxygens (including phenoxy) is 2. The molecule has 3 rings (SSSR count). The van der Waals surface area contributed by atoms with Crippen LogP contribution in [0.5, 0.6) is 11.5 Å². The van der Waals surface area contributed by atoms with Crippen molar-refractivity contribution >= 4 is 10.0 Å². The highest BCUT2D eigenvalue weighted by Gasteiger charge is 2.19. The van der Waals surface area contributed by atoms with Crippen LogP contribution in [0.3, 0.4) is 0 Å². The predicted molar refractivity (Wildman–Crippen MR) is 92.2 cm³/mol. The molecule has 24 heavy (non-hydrogen) atoms. The Labute approximate surface area is 142 Å². The van der Waals surface area contributed by atoms with Crippen molar-refractivity contribution in [2.24, 2.45) is 0 Å². The maximum atomic E-state index is 12.4. The van der Waals surface area contributed by atoms with Crippen molar-refractivity contribution in [1.82, 2.24) is 4.72 Å². The minimum absolute atomic E-state index is 0.187. The third-order valence-electron chi connectivity index (χ3n) is 4.01. The van der Waals surface area contributed by atoms with Crippen molar-refractivity contribution in [1.29, 1.82) is 0 Å². The average molecular weight is 347 g/mol. The van der Waals surface area contributed by atoms with Gasteiger partial charge in [0.1, 0.15) is 13.2 Å². The van der Waals surface area contributed by atoms with Crippen LogP contribution in [-0.4, -0.2) is 28.2 Å². The maximum Gasteiger partial charge on any atom is 0.240 e. The topological polar surface area (TPSA) is 64.6 Å². The monoisotopic (exact) mass is 347 g/mol. The van der Waals surface area contributed by atoms with E-state index in [1.807, 2.05) is 26.0 Å². The minimum atomic E-state index is -3.57. The van der Waals surface area contributed by atoms with Gasteiger partial charge in [0.15, 0.2) is 11.5 Å². The third-order valence-corrected chi connectivity index (χ3v) is 5.47. The fraction of sp³-hybridized carbons (Fsp3) is 0.333. The van der Waals surface area contributed by atoms with Crippen LogP contribution >= 0.6 is 0 Å². The standard InChI is InChI=1S/C18H21NO4S/c1-13-3-4-15(14(2)11-13)7-8-19-24(20,21)16-5-6-17-18(12-16)23-10-9-22-17/h3-6,11-12,19H,7-10H2,1-2H3. The zero-order valence-electron chi connectivity index (χ0n) is 13.8. The number of hydrogen-bond acceptors (Lipinski definition) is 4. The summed E-state index contributed by atoms with van der Waals surface area (Å²) in [5, 5.41) is 0. The van der Waals surface area contributed by atoms with Gasteiger partial charge in [-0.1, -0.05) is 23.8 Å². The molecule has 6 heteroatoms. The van der Waals surface area contributed by atoms with Crippen LogP contribution in [0, 0.1) is 13.8 Å². The molecule has 1 aliphatic rings. The van der Waals surface area contributed by atoms with E-state index in [-0.39, 0.29) is 4.90 Å². The normalized spacial score (nSPS) is 13.8. The molecule has 0 unspecified atom stereocenters. The lowest BCUT2D eigenvalue weighted by Gasteiger charge is -2.19. The van der Waals surface area contributed by atoms with E-state index in [0.29, 0.717) is 37.7 Å². The number of hydrogen-bond donors (Lipinski definition) is 1. The molecular formula is C18H21NO4S. The highest BCUT2D eigenvalue weighted by molar-refractivity contribution is 7.89. The summed E-state index contributed by atoms with van der Waals surface area (Å²) in [6, 6.07) is 10.9. The Balaban J connectivity index is 1.68. The van der Waals surface area contributed by atoms with Crippen molar-refractivity contribution in [3.05, 3.63) is 53.1 Å². The summed E-state index contributed by atoms with van der Waals surface area (Å²) in [5.41, 5.74) is 3.52. The van der Waals surface area contributed by atoms with Crippen LogP contribution in [0.4, 0.5) is 0 Å². The molecule has 0 saturated heterocycles. The van der Waals surface area contributed by atoms with E-state index in [9.17, 15) is 8.42 Å². The Bertz CT molecular complexity index is 846. The van der Waals surface area contributed by atoms with Crippen LogP contribution < -0.4 is 14.2 Å². The number of sulfonamides is 1. The first-order valence-electron chi connectivity index (χ1n) is 7.91. The second kappa shape index (κ2) is 6.83. The predicted octanol–water partition coefficient (Wildman–Crippen LogP) is 2.60. The zero-order valence-corrected chi connectivity index (χ0v) is 14.7. The molecule has 5 nitrogen and oxygen atoms in total. The molecular weight excluding hydrogens is 326 g/mol. The summed E-state index contributed by atoms with van der Waals surface area (Å²) < 4.78 is 38.4. The first kappa shape index (κ1) is 16.8. The first-order valence-corrected chi connectivity index (χ1v) is 9.39. The number of fused-ring (bicyclic) bond motifs is 1. The molecule has 0 atom stereocenters. The van der Waals surface area contributed by atoms with Crippen LogP contribution in [0.15, 0.2) is 41.3 Å². The number of rotatable bonds is 5. The molecule has 0 bridgehead atoms. The Morgan fingerprint density at radius 1 is 1.00 bits per heavy atom. The first-order chi connectivity index (χ1) is 11.5. The molecule has 0 amide bonds. The lowest BCUT2D eigenvalue weighted by molar-refractivity contribution is 0.171. The van der Waals surface area contributed by atoms with Crippen molar-refractivity contribution < 1.29 is 17.9 Å². The van der Waals surface area contributed by atoms with Crippen LogP contribution in [0.1, 0.15) is 16.7 Å². The minimum Gasteiger partial charge on any atom is -0.486 e. The molecule has 0 saturated carbocycles. The van der Waals surface area contributed by atoms with Gasteiger partial charge in [-0.15, -0.1) is 0 Å². The average Bonchev–Trinajstić information content (AvgIpc) is 2.56. The molecule has 1 heterocycles. The number of benzene rings is 2. The molecule has 0 radical (unpaired) electrons. The second-order valence-corrected chi connectivity index (χ2v) is 7.65. The summed E-state index contributed by atoms with van der Waals surface area (Å²) >= 11 is 0. The SMILES string of the molecule is Cc1ccc(CCNS(=O)(=O)c2ccc3c(c2)OCCO3)c(C)c1. The zero-order chi connectivity index (χ0) is 17.2. The summed E-state index contributed by atoms with van der Waals surface area (Å²) in [5.74, 6) is 1.05. The molecule has 0 aliphatic carbocycles. The fourth-order valence-corrected chi connectivity index (χ4v) is 3.77. The van der Waals surface area contributed by atoms with E-state index in [1.165, 1.54) is 23.3 Å². The highest BCUT2D eigenvalue weighted by atomic mass is 32.2. The molecule has 0 spiro atoms. The van der Waals surface area contributed by atoms with Crippen molar-refractivity contribution in [2.75, 3.05) is 19.8 Å². The maximum absolute atomic E-state index is 12.4. The van der Waals surface area contributed by atoms with Gasteiger partial charge in [0.25, 0.3) is 0 Å². The van der Waals surface area contributed by atoms with Crippen molar-refractivity contribution in [2.45, 2.75) is 25.2 Å². The van der Waals surface area contributed by atoms with Gasteiger partial charge < -0.3 is 9.47 Å². The van der Waals surface area contributed by atoms with Crippen LogP contribution in [0.25, 0.3) is 0 Å². The molecule has 1 aliphatic heterocycles.